The van der Waals surface area contributed by atoms with Crippen LogP contribution in [0.3, 0.4) is 0 Å². The number of sulfone groups is 1. The molecule has 1 rings (SSSR count). The largest absolute Gasteiger partial charge is 0.481 e. The number of hydrogen-bond acceptors (Lipinski definition) is 4. The Bertz CT molecular complexity index is 501. The van der Waals surface area contributed by atoms with Gasteiger partial charge in [-0.05, 0) is 35.8 Å². The molecule has 0 radical (unpaired) electrons. The molecule has 1 N–H and O–H groups in total. The maximum absolute atomic E-state index is 11.9. The van der Waals surface area contributed by atoms with Gasteiger partial charge in [0.1, 0.15) is 4.21 Å². The SMILES string of the molecule is CC(C)(CS(=O)(=O)c1cc(Br)cs1)C(=O)O. The standard InChI is InChI=1S/C9H11BrO4S2/c1-9(2,8(11)12)5-16(13,14)7-3-6(10)4-15-7/h3-4H,5H2,1-2H3,(H,11,12). The fraction of sp³-hybridized carbons (Fsp3) is 0.444. The normalized spacial score (nSPS) is 12.7. The van der Waals surface area contributed by atoms with Crippen LogP contribution in [0.4, 0.5) is 0 Å². The van der Waals surface area contributed by atoms with Gasteiger partial charge in [0.15, 0.2) is 9.84 Å². The molecule has 0 amide bonds. The van der Waals surface area contributed by atoms with Crippen molar-refractivity contribution in [3.8, 4) is 0 Å². The highest BCUT2D eigenvalue weighted by Gasteiger charge is 2.34. The molecule has 0 saturated heterocycles. The summed E-state index contributed by atoms with van der Waals surface area (Å²) in [7, 11) is -3.53. The Kier molecular flexibility index (Phi) is 3.81. The third-order valence-electron chi connectivity index (χ3n) is 1.98. The fourth-order valence-electron chi connectivity index (χ4n) is 1.07. The molecule has 0 spiro atoms. The fourth-order valence-corrected chi connectivity index (χ4v) is 4.80. The number of carboxylic acid groups (broad SMARTS) is 1. The third kappa shape index (κ3) is 3.05. The molecule has 0 atom stereocenters. The Morgan fingerprint density at radius 2 is 2.12 bits per heavy atom. The van der Waals surface area contributed by atoms with Gasteiger partial charge >= 0.3 is 5.97 Å². The van der Waals surface area contributed by atoms with Crippen molar-refractivity contribution in [3.05, 3.63) is 15.9 Å². The minimum absolute atomic E-state index is 0.189. The summed E-state index contributed by atoms with van der Waals surface area (Å²) in [5, 5.41) is 10.5. The number of hydrogen-bond donors (Lipinski definition) is 1. The van der Waals surface area contributed by atoms with E-state index >= 15 is 0 Å². The number of rotatable bonds is 4. The summed E-state index contributed by atoms with van der Waals surface area (Å²) in [6, 6.07) is 1.48. The lowest BCUT2D eigenvalue weighted by molar-refractivity contribution is -0.145. The Morgan fingerprint density at radius 3 is 2.50 bits per heavy atom. The summed E-state index contributed by atoms with van der Waals surface area (Å²) in [4.78, 5) is 10.9. The average molecular weight is 327 g/mol. The van der Waals surface area contributed by atoms with Crippen molar-refractivity contribution in [1.82, 2.24) is 0 Å². The maximum Gasteiger partial charge on any atom is 0.310 e. The summed E-state index contributed by atoms with van der Waals surface area (Å²) in [5.41, 5.74) is -1.28. The van der Waals surface area contributed by atoms with Gasteiger partial charge in [-0.2, -0.15) is 0 Å². The van der Waals surface area contributed by atoms with Crippen LogP contribution in [0.2, 0.25) is 0 Å². The maximum atomic E-state index is 11.9. The quantitative estimate of drug-likeness (QED) is 0.922. The number of carboxylic acids is 1. The zero-order valence-corrected chi connectivity index (χ0v) is 11.9. The Hall–Kier alpha value is -0.400. The molecule has 7 heteroatoms. The predicted molar refractivity (Wildman–Crippen MR) is 65.5 cm³/mol. The van der Waals surface area contributed by atoms with Crippen molar-refractivity contribution < 1.29 is 18.3 Å². The average Bonchev–Trinajstić information content (AvgIpc) is 2.50. The number of carbonyl (C=O) groups is 1. The van der Waals surface area contributed by atoms with Crippen LogP contribution in [0.1, 0.15) is 13.8 Å². The molecule has 1 aromatic rings. The van der Waals surface area contributed by atoms with E-state index in [2.05, 4.69) is 15.9 Å². The molecule has 0 fully saturated rings. The van der Waals surface area contributed by atoms with Gasteiger partial charge in [0.2, 0.25) is 0 Å². The number of thiophene rings is 1. The Morgan fingerprint density at radius 1 is 1.56 bits per heavy atom. The second-order valence-electron chi connectivity index (χ2n) is 4.03. The molecular formula is C9H11BrO4S2. The van der Waals surface area contributed by atoms with Crippen LogP contribution >= 0.6 is 27.3 Å². The lowest BCUT2D eigenvalue weighted by Crippen LogP contribution is -2.32. The van der Waals surface area contributed by atoms with E-state index in [0.29, 0.717) is 4.47 Å². The monoisotopic (exact) mass is 326 g/mol. The van der Waals surface area contributed by atoms with Crippen LogP contribution in [0.15, 0.2) is 20.1 Å². The summed E-state index contributed by atoms with van der Waals surface area (Å²) in [6.45, 7) is 2.80. The third-order valence-corrected chi connectivity index (χ3v) is 6.35. The van der Waals surface area contributed by atoms with Gasteiger partial charge in [-0.3, -0.25) is 4.79 Å². The van der Waals surface area contributed by atoms with E-state index in [-0.39, 0.29) is 4.21 Å². The van der Waals surface area contributed by atoms with Crippen molar-refractivity contribution in [3.63, 3.8) is 0 Å². The minimum atomic E-state index is -3.53. The van der Waals surface area contributed by atoms with Gasteiger partial charge in [-0.1, -0.05) is 0 Å². The van der Waals surface area contributed by atoms with Gasteiger partial charge in [0, 0.05) is 9.85 Å². The molecule has 0 aliphatic carbocycles. The molecular weight excluding hydrogens is 316 g/mol. The number of aliphatic carboxylic acids is 1. The van der Waals surface area contributed by atoms with E-state index in [0.717, 1.165) is 11.3 Å². The first kappa shape index (κ1) is 13.7. The second kappa shape index (κ2) is 4.46. The zero-order valence-electron chi connectivity index (χ0n) is 8.73. The van der Waals surface area contributed by atoms with Crippen molar-refractivity contribution in [2.45, 2.75) is 18.1 Å². The predicted octanol–water partition coefficient (Wildman–Crippen LogP) is 2.40. The molecule has 0 bridgehead atoms. The highest BCUT2D eigenvalue weighted by molar-refractivity contribution is 9.10. The van der Waals surface area contributed by atoms with Gasteiger partial charge in [-0.25, -0.2) is 8.42 Å². The van der Waals surface area contributed by atoms with E-state index < -0.39 is 27.0 Å². The van der Waals surface area contributed by atoms with Crippen LogP contribution in [0.5, 0.6) is 0 Å². The zero-order chi connectivity index (χ0) is 12.6. The molecule has 16 heavy (non-hydrogen) atoms. The van der Waals surface area contributed by atoms with E-state index in [1.165, 1.54) is 19.9 Å². The highest BCUT2D eigenvalue weighted by atomic mass is 79.9. The highest BCUT2D eigenvalue weighted by Crippen LogP contribution is 2.29. The molecule has 90 valence electrons. The van der Waals surface area contributed by atoms with Gasteiger partial charge in [0.05, 0.1) is 11.2 Å². The molecule has 0 saturated carbocycles. The van der Waals surface area contributed by atoms with Gasteiger partial charge < -0.3 is 5.11 Å². The Balaban J connectivity index is 3.02. The molecule has 4 nitrogen and oxygen atoms in total. The minimum Gasteiger partial charge on any atom is -0.481 e. The van der Waals surface area contributed by atoms with Crippen LogP contribution in [0, 0.1) is 5.41 Å². The summed E-state index contributed by atoms with van der Waals surface area (Å²) in [5.74, 6) is -1.52. The van der Waals surface area contributed by atoms with E-state index in [9.17, 15) is 13.2 Å². The molecule has 1 heterocycles. The lowest BCUT2D eigenvalue weighted by atomic mass is 9.97. The van der Waals surface area contributed by atoms with Gasteiger partial charge in [0.25, 0.3) is 0 Å². The molecule has 1 aromatic heterocycles. The van der Waals surface area contributed by atoms with Crippen LogP contribution in [-0.2, 0) is 14.6 Å². The summed E-state index contributed by atoms with van der Waals surface area (Å²) >= 11 is 4.24. The molecule has 0 unspecified atom stereocenters. The number of halogens is 1. The van der Waals surface area contributed by atoms with Crippen molar-refractivity contribution in [2.75, 3.05) is 5.75 Å². The van der Waals surface area contributed by atoms with E-state index in [1.807, 2.05) is 0 Å². The first-order valence-electron chi connectivity index (χ1n) is 4.35. The van der Waals surface area contributed by atoms with E-state index in [4.69, 9.17) is 5.11 Å². The van der Waals surface area contributed by atoms with Crippen molar-refractivity contribution in [1.29, 1.82) is 0 Å². The summed E-state index contributed by atoms with van der Waals surface area (Å²) < 4.78 is 24.7. The smallest absolute Gasteiger partial charge is 0.310 e. The summed E-state index contributed by atoms with van der Waals surface area (Å²) in [6.07, 6.45) is 0. The van der Waals surface area contributed by atoms with Crippen LogP contribution in [-0.4, -0.2) is 25.2 Å². The van der Waals surface area contributed by atoms with Gasteiger partial charge in [-0.15, -0.1) is 11.3 Å². The van der Waals surface area contributed by atoms with Crippen molar-refractivity contribution >= 4 is 43.1 Å². The molecule has 0 aliphatic heterocycles. The topological polar surface area (TPSA) is 71.4 Å². The second-order valence-corrected chi connectivity index (χ2v) is 8.08. The molecule has 0 aliphatic rings. The first-order chi connectivity index (χ1) is 7.15. The first-order valence-corrected chi connectivity index (χ1v) is 7.68. The van der Waals surface area contributed by atoms with Crippen molar-refractivity contribution in [2.24, 2.45) is 5.41 Å². The van der Waals surface area contributed by atoms with Crippen LogP contribution in [0.25, 0.3) is 0 Å². The Labute approximate surface area is 106 Å². The molecule has 0 aromatic carbocycles. The van der Waals surface area contributed by atoms with E-state index in [1.54, 1.807) is 5.38 Å². The van der Waals surface area contributed by atoms with Crippen LogP contribution < -0.4 is 0 Å². The lowest BCUT2D eigenvalue weighted by Gasteiger charge is -2.17.